The third-order valence-corrected chi connectivity index (χ3v) is 3.93. The van der Waals surface area contributed by atoms with Crippen LogP contribution in [0.4, 0.5) is 10.5 Å². The number of likely N-dealkylation sites (tertiary alicyclic amines) is 1. The molecule has 1 N–H and O–H groups in total. The van der Waals surface area contributed by atoms with Gasteiger partial charge < -0.3 is 10.2 Å². The van der Waals surface area contributed by atoms with Crippen LogP contribution in [-0.2, 0) is 0 Å². The summed E-state index contributed by atoms with van der Waals surface area (Å²) in [5, 5.41) is 2.97. The Bertz CT molecular complexity index is 422. The Labute approximate surface area is 117 Å². The second kappa shape index (κ2) is 6.23. The van der Waals surface area contributed by atoms with Crippen molar-refractivity contribution in [3.63, 3.8) is 0 Å². The summed E-state index contributed by atoms with van der Waals surface area (Å²) >= 11 is 3.41. The number of amides is 2. The summed E-state index contributed by atoms with van der Waals surface area (Å²) in [4.78, 5) is 14.2. The van der Waals surface area contributed by atoms with Gasteiger partial charge in [-0.25, -0.2) is 4.79 Å². The van der Waals surface area contributed by atoms with E-state index in [0.29, 0.717) is 6.04 Å². The molecule has 2 amide bonds. The van der Waals surface area contributed by atoms with Crippen molar-refractivity contribution in [2.24, 2.45) is 0 Å². The summed E-state index contributed by atoms with van der Waals surface area (Å²) in [7, 11) is 0. The van der Waals surface area contributed by atoms with Gasteiger partial charge in [-0.2, -0.15) is 0 Å². The fourth-order valence-corrected chi connectivity index (χ4v) is 2.85. The minimum atomic E-state index is 0.0275. The Kier molecular flexibility index (Phi) is 4.64. The van der Waals surface area contributed by atoms with Gasteiger partial charge in [0.15, 0.2) is 0 Å². The first-order valence-corrected chi connectivity index (χ1v) is 7.33. The lowest BCUT2D eigenvalue weighted by Gasteiger charge is -2.35. The van der Waals surface area contributed by atoms with Gasteiger partial charge in [-0.05, 0) is 43.9 Å². The van der Waals surface area contributed by atoms with Crippen LogP contribution in [0.15, 0.2) is 28.7 Å². The number of rotatable bonds is 2. The minimum absolute atomic E-state index is 0.0275. The van der Waals surface area contributed by atoms with Gasteiger partial charge in [0.2, 0.25) is 0 Å². The number of piperidine rings is 1. The summed E-state index contributed by atoms with van der Waals surface area (Å²) < 4.78 is 0.978. The number of urea groups is 1. The molecule has 0 saturated carbocycles. The van der Waals surface area contributed by atoms with E-state index in [-0.39, 0.29) is 6.03 Å². The van der Waals surface area contributed by atoms with E-state index in [1.165, 1.54) is 6.42 Å². The molecule has 3 nitrogen and oxygen atoms in total. The zero-order valence-electron chi connectivity index (χ0n) is 10.7. The summed E-state index contributed by atoms with van der Waals surface area (Å²) in [6, 6.07) is 8.13. The lowest BCUT2D eigenvalue weighted by Crippen LogP contribution is -2.45. The maximum absolute atomic E-state index is 12.2. The van der Waals surface area contributed by atoms with Crippen molar-refractivity contribution in [1.82, 2.24) is 4.90 Å². The van der Waals surface area contributed by atoms with Gasteiger partial charge in [0.1, 0.15) is 0 Å². The first-order chi connectivity index (χ1) is 8.70. The Morgan fingerprint density at radius 3 is 3.06 bits per heavy atom. The van der Waals surface area contributed by atoms with Gasteiger partial charge in [0, 0.05) is 22.7 Å². The first-order valence-electron chi connectivity index (χ1n) is 6.54. The molecule has 2 rings (SSSR count). The number of carbonyl (C=O) groups excluding carboxylic acids is 1. The van der Waals surface area contributed by atoms with E-state index < -0.39 is 0 Å². The average Bonchev–Trinajstić information content (AvgIpc) is 2.38. The number of carbonyl (C=O) groups is 1. The van der Waals surface area contributed by atoms with Gasteiger partial charge in [0.25, 0.3) is 0 Å². The number of benzene rings is 1. The lowest BCUT2D eigenvalue weighted by molar-refractivity contribution is 0.160. The predicted molar refractivity (Wildman–Crippen MR) is 77.8 cm³/mol. The second-order valence-electron chi connectivity index (χ2n) is 4.69. The summed E-state index contributed by atoms with van der Waals surface area (Å²) in [5.41, 5.74) is 0.842. The van der Waals surface area contributed by atoms with Crippen LogP contribution >= 0.6 is 15.9 Å². The van der Waals surface area contributed by atoms with E-state index in [2.05, 4.69) is 28.2 Å². The number of nitrogens with zero attached hydrogens (tertiary/aromatic N) is 1. The van der Waals surface area contributed by atoms with Crippen LogP contribution in [-0.4, -0.2) is 23.5 Å². The van der Waals surface area contributed by atoms with Crippen LogP contribution in [0.3, 0.4) is 0 Å². The van der Waals surface area contributed by atoms with Crippen molar-refractivity contribution in [2.75, 3.05) is 11.9 Å². The van der Waals surface area contributed by atoms with Crippen LogP contribution in [0.2, 0.25) is 0 Å². The molecule has 1 aliphatic heterocycles. The largest absolute Gasteiger partial charge is 0.322 e. The van der Waals surface area contributed by atoms with Crippen LogP contribution in [0, 0.1) is 0 Å². The summed E-state index contributed by atoms with van der Waals surface area (Å²) in [6.07, 6.45) is 4.51. The van der Waals surface area contributed by atoms with Crippen molar-refractivity contribution in [3.8, 4) is 0 Å². The molecular weight excluding hydrogens is 292 g/mol. The fourth-order valence-electron chi connectivity index (χ4n) is 2.45. The molecule has 4 heteroatoms. The summed E-state index contributed by atoms with van der Waals surface area (Å²) in [5.74, 6) is 0. The molecule has 0 radical (unpaired) electrons. The predicted octanol–water partition coefficient (Wildman–Crippen LogP) is 4.25. The van der Waals surface area contributed by atoms with Crippen molar-refractivity contribution >= 4 is 27.6 Å². The van der Waals surface area contributed by atoms with Crippen molar-refractivity contribution in [2.45, 2.75) is 38.6 Å². The molecule has 0 spiro atoms. The topological polar surface area (TPSA) is 32.3 Å². The quantitative estimate of drug-likeness (QED) is 0.870. The van der Waals surface area contributed by atoms with Crippen LogP contribution < -0.4 is 5.32 Å². The summed E-state index contributed by atoms with van der Waals surface area (Å²) in [6.45, 7) is 3.02. The number of halogens is 1. The highest BCUT2D eigenvalue weighted by molar-refractivity contribution is 9.10. The highest BCUT2D eigenvalue weighted by Crippen LogP contribution is 2.21. The molecule has 1 atom stereocenters. The van der Waals surface area contributed by atoms with Crippen LogP contribution in [0.25, 0.3) is 0 Å². The minimum Gasteiger partial charge on any atom is -0.322 e. The molecule has 98 valence electrons. The number of nitrogens with one attached hydrogen (secondary N) is 1. The number of anilines is 1. The average molecular weight is 311 g/mol. The zero-order chi connectivity index (χ0) is 13.0. The van der Waals surface area contributed by atoms with Crippen molar-refractivity contribution in [1.29, 1.82) is 0 Å². The molecule has 1 aromatic rings. The molecule has 18 heavy (non-hydrogen) atoms. The van der Waals surface area contributed by atoms with Crippen molar-refractivity contribution < 1.29 is 4.79 Å². The van der Waals surface area contributed by atoms with E-state index in [9.17, 15) is 4.79 Å². The van der Waals surface area contributed by atoms with Crippen LogP contribution in [0.5, 0.6) is 0 Å². The Balaban J connectivity index is 2.02. The molecule has 0 aromatic heterocycles. The molecule has 1 saturated heterocycles. The Hall–Kier alpha value is -1.03. The SMILES string of the molecule is CCC1CCCCN1C(=O)Nc1cccc(Br)c1. The van der Waals surface area contributed by atoms with Gasteiger partial charge in [-0.15, -0.1) is 0 Å². The Morgan fingerprint density at radius 1 is 1.50 bits per heavy atom. The fraction of sp³-hybridized carbons (Fsp3) is 0.500. The zero-order valence-corrected chi connectivity index (χ0v) is 12.2. The maximum Gasteiger partial charge on any atom is 0.322 e. The normalized spacial score (nSPS) is 19.7. The lowest BCUT2D eigenvalue weighted by atomic mass is 10.0. The van der Waals surface area contributed by atoms with E-state index in [1.807, 2.05) is 29.2 Å². The highest BCUT2D eigenvalue weighted by Gasteiger charge is 2.25. The van der Waals surface area contributed by atoms with Gasteiger partial charge >= 0.3 is 6.03 Å². The first kappa shape index (κ1) is 13.4. The molecule has 0 bridgehead atoms. The van der Waals surface area contributed by atoms with Crippen LogP contribution in [0.1, 0.15) is 32.6 Å². The van der Waals surface area contributed by atoms with Gasteiger partial charge in [-0.1, -0.05) is 28.9 Å². The standard InChI is InChI=1S/C14H19BrN2O/c1-2-13-8-3-4-9-17(13)14(18)16-12-7-5-6-11(15)10-12/h5-7,10,13H,2-4,8-9H2,1H3,(H,16,18). The Morgan fingerprint density at radius 2 is 2.33 bits per heavy atom. The third-order valence-electron chi connectivity index (χ3n) is 3.44. The monoisotopic (exact) mass is 310 g/mol. The second-order valence-corrected chi connectivity index (χ2v) is 5.61. The van der Waals surface area contributed by atoms with Gasteiger partial charge in [0.05, 0.1) is 0 Å². The third kappa shape index (κ3) is 3.25. The molecule has 1 fully saturated rings. The molecule has 1 aliphatic rings. The van der Waals surface area contributed by atoms with Crippen molar-refractivity contribution in [3.05, 3.63) is 28.7 Å². The number of hydrogen-bond donors (Lipinski definition) is 1. The molecule has 1 heterocycles. The highest BCUT2D eigenvalue weighted by atomic mass is 79.9. The van der Waals surface area contributed by atoms with Gasteiger partial charge in [-0.3, -0.25) is 0 Å². The smallest absolute Gasteiger partial charge is 0.322 e. The molecule has 1 unspecified atom stereocenters. The number of hydrogen-bond acceptors (Lipinski definition) is 1. The molecule has 0 aliphatic carbocycles. The van der Waals surface area contributed by atoms with E-state index >= 15 is 0 Å². The van der Waals surface area contributed by atoms with E-state index in [0.717, 1.165) is 36.0 Å². The van der Waals surface area contributed by atoms with E-state index in [1.54, 1.807) is 0 Å². The molecular formula is C14H19BrN2O. The van der Waals surface area contributed by atoms with E-state index in [4.69, 9.17) is 0 Å². The molecule has 1 aromatic carbocycles. The maximum atomic E-state index is 12.2.